The first-order valence-electron chi connectivity index (χ1n) is 2.82. The summed E-state index contributed by atoms with van der Waals surface area (Å²) in [5, 5.41) is 6.74. The lowest BCUT2D eigenvalue weighted by Crippen LogP contribution is -1.82. The summed E-state index contributed by atoms with van der Waals surface area (Å²) in [5.74, 6) is 0. The summed E-state index contributed by atoms with van der Waals surface area (Å²) in [7, 11) is 0. The second-order valence-corrected chi connectivity index (χ2v) is 1.55. The Hall–Kier alpha value is -1.51. The maximum atomic E-state index is 6.74. The van der Waals surface area contributed by atoms with Crippen LogP contribution in [0.2, 0.25) is 0 Å². The monoisotopic (exact) mass is 137 g/mol. The number of allylic oxidation sites excluding steroid dienone is 4. The van der Waals surface area contributed by atoms with Crippen molar-refractivity contribution in [3.8, 4) is 0 Å². The van der Waals surface area contributed by atoms with Gasteiger partial charge in [-0.25, -0.2) is 0 Å². The zero-order chi connectivity index (χ0) is 7.82. The minimum atomic E-state index is 0.806. The molecule has 0 heterocycles. The van der Waals surface area contributed by atoms with E-state index in [-0.39, 0.29) is 0 Å². The van der Waals surface area contributed by atoms with Gasteiger partial charge in [-0.1, -0.05) is 0 Å². The lowest BCUT2D eigenvalue weighted by Gasteiger charge is -1.87. The molecule has 0 saturated heterocycles. The molecule has 0 aromatic heterocycles. The first-order valence-corrected chi connectivity index (χ1v) is 2.82. The van der Waals surface area contributed by atoms with Crippen LogP contribution in [-0.4, -0.2) is 6.21 Å². The molecule has 10 heavy (non-hydrogen) atoms. The number of rotatable bonds is 3. The van der Waals surface area contributed by atoms with Gasteiger partial charge in [-0.2, -0.15) is 0 Å². The third-order valence-electron chi connectivity index (χ3n) is 0.853. The maximum absolute atomic E-state index is 6.74. The Bertz CT molecular complexity index is 163. The molecule has 0 radical (unpaired) electrons. The van der Waals surface area contributed by atoms with Gasteiger partial charge in [-0.05, 0) is 36.2 Å². The molecule has 54 valence electrons. The summed E-state index contributed by atoms with van der Waals surface area (Å²) < 4.78 is 0. The van der Waals surface area contributed by atoms with E-state index in [0.717, 1.165) is 5.57 Å². The smallest absolute Gasteiger partial charge is 0.0183 e. The highest BCUT2D eigenvalue weighted by molar-refractivity contribution is 5.71. The molecule has 5 N–H and O–H groups in total. The summed E-state index contributed by atoms with van der Waals surface area (Å²) in [6, 6.07) is 0. The van der Waals surface area contributed by atoms with Crippen LogP contribution in [0.15, 0.2) is 36.2 Å². The van der Waals surface area contributed by atoms with Gasteiger partial charge in [0.25, 0.3) is 0 Å². The number of nitrogens with one attached hydrogen (secondary N) is 1. The van der Waals surface area contributed by atoms with Crippen LogP contribution in [0.25, 0.3) is 0 Å². The largest absolute Gasteiger partial charge is 0.405 e. The van der Waals surface area contributed by atoms with Gasteiger partial charge < -0.3 is 16.9 Å². The Kier molecular flexibility index (Phi) is 4.77. The predicted octanol–water partition coefficient (Wildman–Crippen LogP) is 0.507. The minimum Gasteiger partial charge on any atom is -0.405 e. The Morgan fingerprint density at radius 2 is 1.60 bits per heavy atom. The number of hydrogen-bond donors (Lipinski definition) is 3. The lowest BCUT2D eigenvalue weighted by atomic mass is 10.2. The fraction of sp³-hybridized carbons (Fsp3) is 0. The Balaban J connectivity index is 4.25. The van der Waals surface area contributed by atoms with Crippen LogP contribution in [0.4, 0.5) is 0 Å². The molecule has 0 aromatic carbocycles. The van der Waals surface area contributed by atoms with Crippen LogP contribution in [-0.2, 0) is 0 Å². The molecule has 3 nitrogen and oxygen atoms in total. The molecular weight excluding hydrogens is 126 g/mol. The van der Waals surface area contributed by atoms with Crippen molar-refractivity contribution in [2.45, 2.75) is 0 Å². The fourth-order valence-corrected chi connectivity index (χ4v) is 0.485. The van der Waals surface area contributed by atoms with E-state index in [2.05, 4.69) is 0 Å². The molecule has 0 aromatic rings. The van der Waals surface area contributed by atoms with E-state index >= 15 is 0 Å². The Morgan fingerprint density at radius 3 is 1.90 bits per heavy atom. The van der Waals surface area contributed by atoms with Crippen molar-refractivity contribution in [2.24, 2.45) is 11.5 Å². The Labute approximate surface area is 60.2 Å². The first-order chi connectivity index (χ1) is 4.85. The van der Waals surface area contributed by atoms with E-state index in [4.69, 9.17) is 16.9 Å². The molecular formula is C7H11N3. The SMILES string of the molecule is N=CC=C(/C=C/N)/C=C/N. The van der Waals surface area contributed by atoms with Crippen LogP contribution < -0.4 is 11.5 Å². The zero-order valence-corrected chi connectivity index (χ0v) is 5.62. The van der Waals surface area contributed by atoms with Gasteiger partial charge in [0.05, 0.1) is 0 Å². The normalized spacial score (nSPS) is 10.4. The molecule has 0 aliphatic carbocycles. The molecule has 0 bridgehead atoms. The molecule has 0 saturated carbocycles. The van der Waals surface area contributed by atoms with Crippen molar-refractivity contribution < 1.29 is 0 Å². The zero-order valence-electron chi connectivity index (χ0n) is 5.62. The van der Waals surface area contributed by atoms with E-state index < -0.39 is 0 Å². The molecule has 0 aliphatic rings. The van der Waals surface area contributed by atoms with Crippen molar-refractivity contribution in [1.29, 1.82) is 5.41 Å². The number of nitrogens with two attached hydrogens (primary N) is 2. The van der Waals surface area contributed by atoms with Gasteiger partial charge in [0.2, 0.25) is 0 Å². The third kappa shape index (κ3) is 3.49. The van der Waals surface area contributed by atoms with E-state index in [9.17, 15) is 0 Å². The molecule has 0 unspecified atom stereocenters. The van der Waals surface area contributed by atoms with Crippen LogP contribution in [0.3, 0.4) is 0 Å². The van der Waals surface area contributed by atoms with Crippen LogP contribution in [0, 0.1) is 5.41 Å². The highest BCUT2D eigenvalue weighted by Gasteiger charge is 1.79. The van der Waals surface area contributed by atoms with Gasteiger partial charge in [-0.3, -0.25) is 0 Å². The van der Waals surface area contributed by atoms with Crippen LogP contribution >= 0.6 is 0 Å². The average molecular weight is 137 g/mol. The summed E-state index contributed by atoms with van der Waals surface area (Å²) >= 11 is 0. The highest BCUT2D eigenvalue weighted by Crippen LogP contribution is 1.94. The van der Waals surface area contributed by atoms with Crippen LogP contribution in [0.5, 0.6) is 0 Å². The summed E-state index contributed by atoms with van der Waals surface area (Å²) in [5.41, 5.74) is 11.0. The topological polar surface area (TPSA) is 75.9 Å². The summed E-state index contributed by atoms with van der Waals surface area (Å²) in [4.78, 5) is 0. The van der Waals surface area contributed by atoms with Gasteiger partial charge in [-0.15, -0.1) is 0 Å². The second-order valence-electron chi connectivity index (χ2n) is 1.55. The lowest BCUT2D eigenvalue weighted by molar-refractivity contribution is 1.52. The van der Waals surface area contributed by atoms with E-state index in [1.54, 1.807) is 18.2 Å². The molecule has 0 fully saturated rings. The molecule has 0 aliphatic heterocycles. The highest BCUT2D eigenvalue weighted by atomic mass is 14.5. The molecule has 0 atom stereocenters. The van der Waals surface area contributed by atoms with Crippen molar-refractivity contribution in [1.82, 2.24) is 0 Å². The second kappa shape index (κ2) is 5.62. The van der Waals surface area contributed by atoms with Gasteiger partial charge in [0, 0.05) is 6.21 Å². The number of hydrogen-bond acceptors (Lipinski definition) is 3. The summed E-state index contributed by atoms with van der Waals surface area (Å²) in [6.07, 6.45) is 8.88. The maximum Gasteiger partial charge on any atom is 0.0183 e. The van der Waals surface area contributed by atoms with Gasteiger partial charge in [0.1, 0.15) is 0 Å². The Morgan fingerprint density at radius 1 is 1.10 bits per heavy atom. The van der Waals surface area contributed by atoms with Gasteiger partial charge in [0.15, 0.2) is 0 Å². The third-order valence-corrected chi connectivity index (χ3v) is 0.853. The van der Waals surface area contributed by atoms with E-state index in [0.29, 0.717) is 0 Å². The van der Waals surface area contributed by atoms with Gasteiger partial charge >= 0.3 is 0 Å². The van der Waals surface area contributed by atoms with Crippen molar-refractivity contribution in [3.05, 3.63) is 36.2 Å². The first kappa shape index (κ1) is 8.49. The van der Waals surface area contributed by atoms with Crippen molar-refractivity contribution in [3.63, 3.8) is 0 Å². The molecule has 0 rings (SSSR count). The van der Waals surface area contributed by atoms with E-state index in [1.165, 1.54) is 18.6 Å². The molecule has 0 spiro atoms. The standard InChI is InChI=1S/C7H11N3/c8-4-1-7(2-5-9)3-6-10/h1-6,8H,9-10H2/b5-2+,6-3+,8-4?. The van der Waals surface area contributed by atoms with Crippen LogP contribution in [0.1, 0.15) is 0 Å². The average Bonchev–Trinajstić information content (AvgIpc) is 1.90. The predicted molar refractivity (Wildman–Crippen MR) is 43.5 cm³/mol. The summed E-state index contributed by atoms with van der Waals surface area (Å²) in [6.45, 7) is 0. The quantitative estimate of drug-likeness (QED) is 0.391. The fourth-order valence-electron chi connectivity index (χ4n) is 0.485. The molecule has 3 heteroatoms. The molecule has 0 amide bonds. The minimum absolute atomic E-state index is 0.806. The van der Waals surface area contributed by atoms with E-state index in [1.807, 2.05) is 0 Å². The van der Waals surface area contributed by atoms with Crippen molar-refractivity contribution >= 4 is 6.21 Å². The van der Waals surface area contributed by atoms with Crippen molar-refractivity contribution in [2.75, 3.05) is 0 Å².